The van der Waals surface area contributed by atoms with Gasteiger partial charge in [0.1, 0.15) is 6.04 Å². The van der Waals surface area contributed by atoms with Gasteiger partial charge >= 0.3 is 0 Å². The number of primary amides is 1. The number of anilines is 4. The van der Waals surface area contributed by atoms with Crippen molar-refractivity contribution in [3.8, 4) is 17.6 Å². The van der Waals surface area contributed by atoms with E-state index in [0.717, 1.165) is 0 Å². The number of aromatic hydroxyl groups is 1. The molecule has 5 aromatic rings. The predicted octanol–water partition coefficient (Wildman–Crippen LogP) is 4.82. The summed E-state index contributed by atoms with van der Waals surface area (Å²) < 4.78 is 5.77. The Morgan fingerprint density at radius 1 is 0.684 bits per heavy atom. The number of nitrogens with one attached hydrogen (secondary N) is 5. The van der Waals surface area contributed by atoms with Gasteiger partial charge in [-0.25, -0.2) is 0 Å². The second-order valence-electron chi connectivity index (χ2n) is 12.6. The highest BCUT2D eigenvalue weighted by Crippen LogP contribution is 2.39. The van der Waals surface area contributed by atoms with Crippen LogP contribution in [0.3, 0.4) is 0 Å². The lowest BCUT2D eigenvalue weighted by atomic mass is 10.1. The highest BCUT2D eigenvalue weighted by Gasteiger charge is 2.25. The number of nitrogens with zero attached hydrogens (tertiary/aromatic N) is 2. The minimum absolute atomic E-state index is 0.0911. The summed E-state index contributed by atoms with van der Waals surface area (Å²) in [4.78, 5) is 80.7. The van der Waals surface area contributed by atoms with E-state index in [9.17, 15) is 33.9 Å². The van der Waals surface area contributed by atoms with Gasteiger partial charge in [0.15, 0.2) is 11.5 Å². The lowest BCUT2D eigenvalue weighted by Crippen LogP contribution is -2.46. The molecule has 1 aromatic heterocycles. The largest absolute Gasteiger partial charge is 0.504 e. The highest BCUT2D eigenvalue weighted by atomic mass is 16.5. The summed E-state index contributed by atoms with van der Waals surface area (Å²) in [6.45, 7) is 3.42. The molecule has 0 saturated heterocycles. The van der Waals surface area contributed by atoms with E-state index in [-0.39, 0.29) is 33.8 Å². The fraction of sp³-hybridized carbons (Fsp3) is 0.122. The Morgan fingerprint density at radius 3 is 1.75 bits per heavy atom. The quantitative estimate of drug-likeness (QED) is 0.0811. The molecule has 1 heterocycles. The van der Waals surface area contributed by atoms with Crippen LogP contribution in [-0.2, 0) is 9.59 Å². The van der Waals surface area contributed by atoms with E-state index in [0.29, 0.717) is 22.5 Å². The molecule has 8 N–H and O–H groups in total. The molecule has 6 amide bonds. The molecule has 0 spiro atoms. The minimum atomic E-state index is -1.37. The fourth-order valence-electron chi connectivity index (χ4n) is 5.23. The van der Waals surface area contributed by atoms with Gasteiger partial charge in [-0.3, -0.25) is 33.8 Å². The van der Waals surface area contributed by atoms with Gasteiger partial charge in [-0.05, 0) is 111 Å². The Bertz CT molecular complexity index is 2340. The van der Waals surface area contributed by atoms with E-state index in [1.807, 2.05) is 6.07 Å². The Balaban J connectivity index is 1.21. The number of pyridine rings is 1. The van der Waals surface area contributed by atoms with Crippen LogP contribution in [0.25, 0.3) is 0 Å². The number of phenolic OH excluding ortho intramolecular Hbond substituents is 1. The van der Waals surface area contributed by atoms with E-state index >= 15 is 0 Å². The van der Waals surface area contributed by atoms with E-state index in [4.69, 9.17) is 15.7 Å². The predicted molar refractivity (Wildman–Crippen MR) is 210 cm³/mol. The van der Waals surface area contributed by atoms with Crippen molar-refractivity contribution in [3.05, 3.63) is 137 Å². The topological polar surface area (TPSA) is 255 Å². The second kappa shape index (κ2) is 18.3. The van der Waals surface area contributed by atoms with Crippen LogP contribution in [0, 0.1) is 11.3 Å². The first-order valence-corrected chi connectivity index (χ1v) is 17.3. The number of phenols is 1. The summed E-state index contributed by atoms with van der Waals surface area (Å²) in [7, 11) is 0. The first-order chi connectivity index (χ1) is 27.3. The van der Waals surface area contributed by atoms with Crippen LogP contribution in [0.5, 0.6) is 11.5 Å². The number of aromatic nitrogens is 1. The molecular weight excluding hydrogens is 732 g/mol. The lowest BCUT2D eigenvalue weighted by molar-refractivity contribution is -0.123. The molecule has 57 heavy (non-hydrogen) atoms. The molecule has 1 atom stereocenters. The first kappa shape index (κ1) is 40.1. The summed E-state index contributed by atoms with van der Waals surface area (Å²) >= 11 is 0. The number of carbonyl (C=O) groups excluding carboxylic acids is 6. The van der Waals surface area contributed by atoms with Gasteiger partial charge in [0.05, 0.1) is 35.4 Å². The van der Waals surface area contributed by atoms with Gasteiger partial charge < -0.3 is 42.2 Å². The summed E-state index contributed by atoms with van der Waals surface area (Å²) in [6.07, 6.45) is 2.05. The zero-order valence-corrected chi connectivity index (χ0v) is 30.5. The van der Waals surface area contributed by atoms with Crippen LogP contribution in [0.15, 0.2) is 109 Å². The molecule has 0 saturated carbocycles. The van der Waals surface area contributed by atoms with Crippen LogP contribution >= 0.6 is 0 Å². The number of hydrogen-bond donors (Lipinski definition) is 7. The third kappa shape index (κ3) is 10.8. The van der Waals surface area contributed by atoms with Crippen LogP contribution in [0.1, 0.15) is 67.3 Å². The third-order valence-electron chi connectivity index (χ3n) is 8.04. The number of nitriles is 1. The molecule has 0 aliphatic rings. The molecule has 0 radical (unpaired) electrons. The van der Waals surface area contributed by atoms with Gasteiger partial charge in [-0.1, -0.05) is 0 Å². The van der Waals surface area contributed by atoms with Crippen molar-refractivity contribution < 1.29 is 38.6 Å². The minimum Gasteiger partial charge on any atom is -0.504 e. The smallest absolute Gasteiger partial charge is 0.259 e. The molecular formula is C41H36N8O8. The standard InChI is InChI=1S/C41H36N8O8/c1-23(2)57-36-32(16-15-31(35(36)51)40(55)46-30-17-19-44-20-18-30)48-38(53)26-9-13-29(14-10-26)47-41(56)33(21-34(43)50)49-39(54)27-7-11-28(12-8-27)45-37(52)25-5-3-24(22-42)4-6-25/h3-20,23,33,51H,21H2,1-2H3,(H2,43,50)(H,45,52)(H,47,56)(H,48,53)(H,49,54)(H,44,46,55). The molecule has 1 unspecified atom stereocenters. The SMILES string of the molecule is CC(C)Oc1c(NC(=O)c2ccc(NC(=O)C(CC(N)=O)NC(=O)c3ccc(NC(=O)c4ccc(C#N)cc4)cc3)cc2)ccc(C(=O)Nc2ccncc2)c1O. The van der Waals surface area contributed by atoms with Crippen LogP contribution in [0.4, 0.5) is 22.7 Å². The molecule has 5 rings (SSSR count). The normalized spacial score (nSPS) is 11.0. The number of amides is 6. The molecule has 0 aliphatic carbocycles. The maximum Gasteiger partial charge on any atom is 0.259 e. The number of ether oxygens (including phenoxy) is 1. The van der Waals surface area contributed by atoms with Gasteiger partial charge in [0.2, 0.25) is 11.8 Å². The van der Waals surface area contributed by atoms with Gasteiger partial charge in [0.25, 0.3) is 23.6 Å². The molecule has 16 heteroatoms. The zero-order chi connectivity index (χ0) is 41.1. The van der Waals surface area contributed by atoms with E-state index in [2.05, 4.69) is 31.6 Å². The van der Waals surface area contributed by atoms with Gasteiger partial charge in [-0.2, -0.15) is 5.26 Å². The fourth-order valence-corrected chi connectivity index (χ4v) is 5.23. The first-order valence-electron chi connectivity index (χ1n) is 17.3. The molecule has 16 nitrogen and oxygen atoms in total. The lowest BCUT2D eigenvalue weighted by Gasteiger charge is -2.19. The number of nitrogens with two attached hydrogens (primary N) is 1. The van der Waals surface area contributed by atoms with Gasteiger partial charge in [0, 0.05) is 46.1 Å². The van der Waals surface area contributed by atoms with Crippen LogP contribution in [0.2, 0.25) is 0 Å². The Morgan fingerprint density at radius 2 is 1.19 bits per heavy atom. The molecule has 4 aromatic carbocycles. The second-order valence-corrected chi connectivity index (χ2v) is 12.6. The number of hydrogen-bond acceptors (Lipinski definition) is 10. The zero-order valence-electron chi connectivity index (χ0n) is 30.5. The maximum atomic E-state index is 13.3. The average Bonchev–Trinajstić information content (AvgIpc) is 3.19. The Hall–Kier alpha value is -8.06. The van der Waals surface area contributed by atoms with Crippen LogP contribution in [-0.4, -0.2) is 57.7 Å². The average molecular weight is 769 g/mol. The van der Waals surface area contributed by atoms with Crippen molar-refractivity contribution in [2.75, 3.05) is 21.3 Å². The van der Waals surface area contributed by atoms with Crippen molar-refractivity contribution in [2.24, 2.45) is 5.73 Å². The summed E-state index contributed by atoms with van der Waals surface area (Å²) in [6, 6.07) is 24.1. The molecule has 0 bridgehead atoms. The summed E-state index contributed by atoms with van der Waals surface area (Å²) in [5.74, 6) is -4.54. The van der Waals surface area contributed by atoms with Crippen molar-refractivity contribution in [2.45, 2.75) is 32.4 Å². The van der Waals surface area contributed by atoms with Gasteiger partial charge in [-0.15, -0.1) is 0 Å². The molecule has 288 valence electrons. The Labute approximate surface area is 326 Å². The number of carbonyl (C=O) groups is 6. The molecule has 0 aliphatic heterocycles. The van der Waals surface area contributed by atoms with Crippen molar-refractivity contribution in [1.82, 2.24) is 10.3 Å². The maximum absolute atomic E-state index is 13.3. The Kier molecular flexibility index (Phi) is 12.9. The van der Waals surface area contributed by atoms with E-state index in [1.54, 1.807) is 26.0 Å². The highest BCUT2D eigenvalue weighted by molar-refractivity contribution is 6.10. The molecule has 0 fully saturated rings. The third-order valence-corrected chi connectivity index (χ3v) is 8.04. The van der Waals surface area contributed by atoms with E-state index in [1.165, 1.54) is 97.3 Å². The van der Waals surface area contributed by atoms with Crippen molar-refractivity contribution in [3.63, 3.8) is 0 Å². The number of rotatable bonds is 14. The van der Waals surface area contributed by atoms with Crippen LogP contribution < -0.4 is 37.1 Å². The summed E-state index contributed by atoms with van der Waals surface area (Å²) in [5.41, 5.74) is 7.46. The number of benzene rings is 4. The summed E-state index contributed by atoms with van der Waals surface area (Å²) in [5, 5.41) is 33.1. The van der Waals surface area contributed by atoms with Crippen molar-refractivity contribution in [1.29, 1.82) is 5.26 Å². The van der Waals surface area contributed by atoms with Crippen molar-refractivity contribution >= 4 is 58.2 Å². The van der Waals surface area contributed by atoms with E-state index < -0.39 is 59.8 Å². The monoisotopic (exact) mass is 768 g/mol.